The maximum absolute atomic E-state index is 13.4. The minimum Gasteiger partial charge on any atom is -0.207 e. The second kappa shape index (κ2) is 4.70. The van der Waals surface area contributed by atoms with Crippen molar-refractivity contribution in [2.24, 2.45) is 0 Å². The molecule has 0 spiro atoms. The second-order valence-corrected chi connectivity index (χ2v) is 7.17. The molecule has 0 aliphatic heterocycles. The highest BCUT2D eigenvalue weighted by molar-refractivity contribution is 9.09. The zero-order valence-corrected chi connectivity index (χ0v) is 12.8. The van der Waals surface area contributed by atoms with Gasteiger partial charge in [-0.05, 0) is 77.6 Å². The fourth-order valence-corrected chi connectivity index (χ4v) is 4.29. The zero-order chi connectivity index (χ0) is 13.7. The first-order chi connectivity index (χ1) is 9.72. The fraction of sp³-hybridized carbons (Fsp3) is 0.333. The zero-order valence-electron chi connectivity index (χ0n) is 11.3. The van der Waals surface area contributed by atoms with Gasteiger partial charge < -0.3 is 0 Å². The highest BCUT2D eigenvalue weighted by Crippen LogP contribution is 2.39. The van der Waals surface area contributed by atoms with Gasteiger partial charge >= 0.3 is 0 Å². The lowest BCUT2D eigenvalue weighted by atomic mass is 9.78. The summed E-state index contributed by atoms with van der Waals surface area (Å²) in [4.78, 5) is 0.623. The molecule has 1 atom stereocenters. The Labute approximate surface area is 127 Å². The maximum atomic E-state index is 13.4. The summed E-state index contributed by atoms with van der Waals surface area (Å²) in [5.41, 5.74) is 8.30. The van der Waals surface area contributed by atoms with Gasteiger partial charge in [0.25, 0.3) is 0 Å². The molecule has 2 aliphatic rings. The average Bonchev–Trinajstić information content (AvgIpc) is 2.45. The Morgan fingerprint density at radius 1 is 0.900 bits per heavy atom. The van der Waals surface area contributed by atoms with Gasteiger partial charge in [0.2, 0.25) is 0 Å². The molecule has 0 radical (unpaired) electrons. The maximum Gasteiger partial charge on any atom is 0.123 e. The Morgan fingerprint density at radius 2 is 1.75 bits per heavy atom. The molecule has 0 saturated carbocycles. The van der Waals surface area contributed by atoms with E-state index in [0.717, 1.165) is 24.8 Å². The predicted molar refractivity (Wildman–Crippen MR) is 84.0 cm³/mol. The van der Waals surface area contributed by atoms with Crippen molar-refractivity contribution in [3.8, 4) is 11.1 Å². The number of fused-ring (bicyclic) bond motifs is 5. The van der Waals surface area contributed by atoms with Crippen LogP contribution < -0.4 is 0 Å². The first-order valence-electron chi connectivity index (χ1n) is 7.29. The van der Waals surface area contributed by atoms with E-state index in [4.69, 9.17) is 0 Å². The summed E-state index contributed by atoms with van der Waals surface area (Å²) >= 11 is 3.75. The fourth-order valence-electron chi connectivity index (χ4n) is 3.72. The molecule has 1 unspecified atom stereocenters. The molecule has 0 bridgehead atoms. The van der Waals surface area contributed by atoms with Crippen LogP contribution in [-0.2, 0) is 25.7 Å². The molecule has 0 fully saturated rings. The summed E-state index contributed by atoms with van der Waals surface area (Å²) in [6, 6.07) is 9.76. The van der Waals surface area contributed by atoms with Crippen molar-refractivity contribution in [2.45, 2.75) is 36.9 Å². The summed E-state index contributed by atoms with van der Waals surface area (Å²) in [6.07, 6.45) is 5.56. The van der Waals surface area contributed by atoms with Crippen molar-refractivity contribution >= 4 is 15.9 Å². The van der Waals surface area contributed by atoms with Crippen LogP contribution in [0.15, 0.2) is 30.3 Å². The molecule has 4 rings (SSSR count). The van der Waals surface area contributed by atoms with Gasteiger partial charge in [-0.15, -0.1) is 0 Å². The summed E-state index contributed by atoms with van der Waals surface area (Å²) in [6.45, 7) is 0. The number of benzene rings is 2. The largest absolute Gasteiger partial charge is 0.207 e. The summed E-state index contributed by atoms with van der Waals surface area (Å²) < 4.78 is 13.4. The molecule has 2 aromatic carbocycles. The van der Waals surface area contributed by atoms with E-state index in [-0.39, 0.29) is 5.82 Å². The average molecular weight is 331 g/mol. The first kappa shape index (κ1) is 12.6. The number of hydrogen-bond donors (Lipinski definition) is 0. The number of rotatable bonds is 0. The molecular weight excluding hydrogens is 315 g/mol. The van der Waals surface area contributed by atoms with Gasteiger partial charge in [-0.2, -0.15) is 0 Å². The van der Waals surface area contributed by atoms with Crippen LogP contribution in [0.1, 0.15) is 28.7 Å². The summed E-state index contributed by atoms with van der Waals surface area (Å²) in [5, 5.41) is 0. The molecule has 2 aliphatic carbocycles. The molecular formula is C18H16BrF. The van der Waals surface area contributed by atoms with Gasteiger partial charge in [-0.25, -0.2) is 4.39 Å². The molecule has 0 aromatic heterocycles. The van der Waals surface area contributed by atoms with E-state index in [1.807, 2.05) is 6.07 Å². The lowest BCUT2D eigenvalue weighted by molar-refractivity contribution is 0.625. The molecule has 0 saturated heterocycles. The Bertz CT molecular complexity index is 690. The van der Waals surface area contributed by atoms with Crippen LogP contribution in [0.4, 0.5) is 4.39 Å². The molecule has 0 N–H and O–H groups in total. The van der Waals surface area contributed by atoms with Crippen LogP contribution in [-0.4, -0.2) is 4.83 Å². The van der Waals surface area contributed by atoms with Crippen LogP contribution in [0.25, 0.3) is 11.1 Å². The van der Waals surface area contributed by atoms with Crippen molar-refractivity contribution in [2.75, 3.05) is 0 Å². The van der Waals surface area contributed by atoms with Crippen LogP contribution in [0.5, 0.6) is 0 Å². The second-order valence-electron chi connectivity index (χ2n) is 5.87. The van der Waals surface area contributed by atoms with Gasteiger partial charge in [-0.1, -0.05) is 34.1 Å². The molecule has 20 heavy (non-hydrogen) atoms. The summed E-state index contributed by atoms with van der Waals surface area (Å²) in [5.74, 6) is -0.118. The van der Waals surface area contributed by atoms with Gasteiger partial charge in [0, 0.05) is 4.83 Å². The molecule has 0 nitrogen and oxygen atoms in total. The van der Waals surface area contributed by atoms with Crippen molar-refractivity contribution in [3.63, 3.8) is 0 Å². The lowest BCUT2D eigenvalue weighted by Gasteiger charge is -2.28. The third-order valence-corrected chi connectivity index (χ3v) is 5.46. The van der Waals surface area contributed by atoms with E-state index >= 15 is 0 Å². The van der Waals surface area contributed by atoms with E-state index in [0.29, 0.717) is 4.83 Å². The van der Waals surface area contributed by atoms with E-state index in [2.05, 4.69) is 28.1 Å². The SMILES string of the molecule is Fc1ccc2c(c1)CCc1c-2ccc2c1CCC(Br)C2. The number of alkyl halides is 1. The van der Waals surface area contributed by atoms with Gasteiger partial charge in [0.1, 0.15) is 5.82 Å². The standard InChI is InChI=1S/C18H16BrF/c19-13-3-7-15-11(9-13)1-5-18-16-8-4-14(20)10-12(16)2-6-17(15)18/h1,4-5,8,10,13H,2-3,6-7,9H2. The van der Waals surface area contributed by atoms with Crippen LogP contribution in [0.3, 0.4) is 0 Å². The minimum absolute atomic E-state index is 0.118. The number of halogens is 2. The molecule has 2 heteroatoms. The van der Waals surface area contributed by atoms with E-state index in [1.54, 1.807) is 17.7 Å². The van der Waals surface area contributed by atoms with Crippen molar-refractivity contribution in [1.29, 1.82) is 0 Å². The Balaban J connectivity index is 1.89. The van der Waals surface area contributed by atoms with Gasteiger partial charge in [-0.3, -0.25) is 0 Å². The molecule has 2 aromatic rings. The quantitative estimate of drug-likeness (QED) is 0.606. The van der Waals surface area contributed by atoms with E-state index < -0.39 is 0 Å². The number of hydrogen-bond acceptors (Lipinski definition) is 0. The summed E-state index contributed by atoms with van der Waals surface area (Å²) in [7, 11) is 0. The van der Waals surface area contributed by atoms with Crippen LogP contribution >= 0.6 is 15.9 Å². The van der Waals surface area contributed by atoms with Crippen LogP contribution in [0.2, 0.25) is 0 Å². The normalized spacial score (nSPS) is 20.0. The van der Waals surface area contributed by atoms with Crippen molar-refractivity contribution in [1.82, 2.24) is 0 Å². The molecule has 0 amide bonds. The van der Waals surface area contributed by atoms with E-state index in [9.17, 15) is 4.39 Å². The van der Waals surface area contributed by atoms with Gasteiger partial charge in [0.05, 0.1) is 0 Å². The molecule has 0 heterocycles. The monoisotopic (exact) mass is 330 g/mol. The van der Waals surface area contributed by atoms with Crippen molar-refractivity contribution in [3.05, 3.63) is 58.4 Å². The topological polar surface area (TPSA) is 0 Å². The van der Waals surface area contributed by atoms with Crippen LogP contribution in [0, 0.1) is 5.82 Å². The van der Waals surface area contributed by atoms with E-state index in [1.165, 1.54) is 35.1 Å². The lowest BCUT2D eigenvalue weighted by Crippen LogP contribution is -2.17. The Morgan fingerprint density at radius 3 is 2.65 bits per heavy atom. The van der Waals surface area contributed by atoms with Crippen molar-refractivity contribution < 1.29 is 4.39 Å². The Kier molecular flexibility index (Phi) is 2.95. The third kappa shape index (κ3) is 1.93. The minimum atomic E-state index is -0.118. The first-order valence-corrected chi connectivity index (χ1v) is 8.20. The highest BCUT2D eigenvalue weighted by atomic mass is 79.9. The van der Waals surface area contributed by atoms with Gasteiger partial charge in [0.15, 0.2) is 0 Å². The number of aryl methyl sites for hydroxylation is 1. The third-order valence-electron chi connectivity index (χ3n) is 4.68. The Hall–Kier alpha value is -1.15. The molecule has 102 valence electrons. The highest BCUT2D eigenvalue weighted by Gasteiger charge is 2.24. The smallest absolute Gasteiger partial charge is 0.123 e. The predicted octanol–water partition coefficient (Wildman–Crippen LogP) is 4.84.